The SMILES string of the molecule is CCCCSCC(=N)N. The molecule has 0 unspecified atom stereocenters. The Kier molecular flexibility index (Phi) is 5.83. The molecule has 0 bridgehead atoms. The van der Waals surface area contributed by atoms with Crippen molar-refractivity contribution in [1.82, 2.24) is 0 Å². The van der Waals surface area contributed by atoms with E-state index in [-0.39, 0.29) is 5.84 Å². The van der Waals surface area contributed by atoms with Gasteiger partial charge >= 0.3 is 0 Å². The van der Waals surface area contributed by atoms with Gasteiger partial charge in [-0.15, -0.1) is 0 Å². The Morgan fingerprint density at radius 2 is 2.33 bits per heavy atom. The van der Waals surface area contributed by atoms with Crippen LogP contribution in [-0.2, 0) is 0 Å². The largest absolute Gasteiger partial charge is 0.387 e. The summed E-state index contributed by atoms with van der Waals surface area (Å²) in [7, 11) is 0. The van der Waals surface area contributed by atoms with Gasteiger partial charge in [-0.3, -0.25) is 5.41 Å². The van der Waals surface area contributed by atoms with Crippen LogP contribution in [0.2, 0.25) is 0 Å². The number of thioether (sulfide) groups is 1. The third kappa shape index (κ3) is 7.82. The molecule has 0 aromatic heterocycles. The van der Waals surface area contributed by atoms with E-state index < -0.39 is 0 Å². The summed E-state index contributed by atoms with van der Waals surface area (Å²) in [6.07, 6.45) is 2.46. The second-order valence-corrected chi connectivity index (χ2v) is 3.04. The molecule has 0 saturated heterocycles. The topological polar surface area (TPSA) is 49.9 Å². The molecule has 0 saturated carbocycles. The van der Waals surface area contributed by atoms with E-state index in [0.717, 1.165) is 5.75 Å². The number of rotatable bonds is 5. The zero-order valence-electron chi connectivity index (χ0n) is 5.81. The first-order valence-electron chi connectivity index (χ1n) is 3.18. The number of hydrogen-bond acceptors (Lipinski definition) is 2. The average Bonchev–Trinajstić information content (AvgIpc) is 1.80. The molecule has 3 N–H and O–H groups in total. The fourth-order valence-electron chi connectivity index (χ4n) is 0.429. The lowest BCUT2D eigenvalue weighted by atomic mass is 10.4. The zero-order chi connectivity index (χ0) is 7.11. The quantitative estimate of drug-likeness (QED) is 0.350. The van der Waals surface area contributed by atoms with Gasteiger partial charge in [0.25, 0.3) is 0 Å². The Hall–Kier alpha value is -0.180. The van der Waals surface area contributed by atoms with Gasteiger partial charge in [0.15, 0.2) is 0 Å². The van der Waals surface area contributed by atoms with E-state index in [9.17, 15) is 0 Å². The fourth-order valence-corrected chi connectivity index (χ4v) is 1.29. The average molecular weight is 146 g/mol. The standard InChI is InChI=1S/C6H14N2S/c1-2-3-4-9-5-6(7)8/h2-5H2,1H3,(H3,7,8). The second kappa shape index (κ2) is 5.95. The molecule has 0 rings (SSSR count). The highest BCUT2D eigenvalue weighted by molar-refractivity contribution is 7.99. The summed E-state index contributed by atoms with van der Waals surface area (Å²) in [5.74, 6) is 2.12. The molecule has 0 aliphatic rings. The van der Waals surface area contributed by atoms with E-state index in [4.69, 9.17) is 11.1 Å². The Labute approximate surface area is 60.7 Å². The summed E-state index contributed by atoms with van der Waals surface area (Å²) in [4.78, 5) is 0. The van der Waals surface area contributed by atoms with Gasteiger partial charge in [0, 0.05) is 0 Å². The van der Waals surface area contributed by atoms with E-state index in [0.29, 0.717) is 5.75 Å². The van der Waals surface area contributed by atoms with E-state index in [1.165, 1.54) is 12.8 Å². The van der Waals surface area contributed by atoms with Crippen LogP contribution in [0.4, 0.5) is 0 Å². The van der Waals surface area contributed by atoms with Gasteiger partial charge in [-0.05, 0) is 12.2 Å². The maximum atomic E-state index is 6.89. The Morgan fingerprint density at radius 1 is 1.67 bits per heavy atom. The first-order chi connectivity index (χ1) is 4.27. The van der Waals surface area contributed by atoms with Crippen LogP contribution < -0.4 is 5.73 Å². The molecule has 3 heteroatoms. The molecule has 0 atom stereocenters. The minimum atomic E-state index is 0.288. The highest BCUT2D eigenvalue weighted by Gasteiger charge is 1.88. The van der Waals surface area contributed by atoms with Crippen LogP contribution >= 0.6 is 11.8 Å². The minimum Gasteiger partial charge on any atom is -0.387 e. The summed E-state index contributed by atoms with van der Waals surface area (Å²) in [5.41, 5.74) is 5.14. The van der Waals surface area contributed by atoms with Crippen LogP contribution in [0.25, 0.3) is 0 Å². The maximum Gasteiger partial charge on any atom is 0.101 e. The first kappa shape index (κ1) is 8.82. The Morgan fingerprint density at radius 3 is 2.78 bits per heavy atom. The fraction of sp³-hybridized carbons (Fsp3) is 0.833. The van der Waals surface area contributed by atoms with E-state index >= 15 is 0 Å². The Balaban J connectivity index is 2.83. The molecule has 0 amide bonds. The Bertz CT molecular complexity index is 83.1. The number of hydrogen-bond donors (Lipinski definition) is 2. The lowest BCUT2D eigenvalue weighted by molar-refractivity contribution is 0.897. The van der Waals surface area contributed by atoms with Crippen molar-refractivity contribution in [3.8, 4) is 0 Å². The molecule has 54 valence electrons. The minimum absolute atomic E-state index is 0.288. The third-order valence-electron chi connectivity index (χ3n) is 0.900. The van der Waals surface area contributed by atoms with Crippen LogP contribution in [0.1, 0.15) is 19.8 Å². The van der Waals surface area contributed by atoms with Crippen molar-refractivity contribution in [2.24, 2.45) is 5.73 Å². The predicted molar refractivity (Wildman–Crippen MR) is 44.1 cm³/mol. The van der Waals surface area contributed by atoms with Crippen LogP contribution in [0.3, 0.4) is 0 Å². The predicted octanol–water partition coefficient (Wildman–Crippen LogP) is 1.46. The van der Waals surface area contributed by atoms with Gasteiger partial charge in [0.2, 0.25) is 0 Å². The first-order valence-corrected chi connectivity index (χ1v) is 4.33. The van der Waals surface area contributed by atoms with Crippen LogP contribution in [0, 0.1) is 5.41 Å². The van der Waals surface area contributed by atoms with Gasteiger partial charge < -0.3 is 5.73 Å². The summed E-state index contributed by atoms with van der Waals surface area (Å²) < 4.78 is 0. The number of amidine groups is 1. The summed E-state index contributed by atoms with van der Waals surface area (Å²) in [6, 6.07) is 0. The van der Waals surface area contributed by atoms with Gasteiger partial charge in [-0.25, -0.2) is 0 Å². The molecule has 0 fully saturated rings. The highest BCUT2D eigenvalue weighted by atomic mass is 32.2. The second-order valence-electron chi connectivity index (χ2n) is 1.93. The normalized spacial score (nSPS) is 9.44. The van der Waals surface area contributed by atoms with E-state index in [2.05, 4.69) is 6.92 Å². The summed E-state index contributed by atoms with van der Waals surface area (Å²) in [5, 5.41) is 6.89. The molecule has 0 aromatic rings. The van der Waals surface area contributed by atoms with E-state index in [1.807, 2.05) is 0 Å². The lowest BCUT2D eigenvalue weighted by Crippen LogP contribution is -2.12. The third-order valence-corrected chi connectivity index (χ3v) is 1.99. The van der Waals surface area contributed by atoms with Crippen molar-refractivity contribution in [2.45, 2.75) is 19.8 Å². The summed E-state index contributed by atoms with van der Waals surface area (Å²) in [6.45, 7) is 2.16. The lowest BCUT2D eigenvalue weighted by Gasteiger charge is -1.96. The molecule has 9 heavy (non-hydrogen) atoms. The summed E-state index contributed by atoms with van der Waals surface area (Å²) >= 11 is 1.74. The van der Waals surface area contributed by atoms with Crippen LogP contribution in [0.15, 0.2) is 0 Å². The van der Waals surface area contributed by atoms with Crippen LogP contribution in [0.5, 0.6) is 0 Å². The molecule has 0 aliphatic carbocycles. The number of nitrogens with two attached hydrogens (primary N) is 1. The van der Waals surface area contributed by atoms with Gasteiger partial charge in [0.05, 0.1) is 5.75 Å². The van der Waals surface area contributed by atoms with Crippen molar-refractivity contribution in [3.63, 3.8) is 0 Å². The van der Waals surface area contributed by atoms with Crippen molar-refractivity contribution in [2.75, 3.05) is 11.5 Å². The molecule has 0 aromatic carbocycles. The smallest absolute Gasteiger partial charge is 0.101 e. The van der Waals surface area contributed by atoms with E-state index in [1.54, 1.807) is 11.8 Å². The highest BCUT2D eigenvalue weighted by Crippen LogP contribution is 2.02. The molecular formula is C6H14N2S. The molecule has 0 aliphatic heterocycles. The maximum absolute atomic E-state index is 6.89. The molecule has 0 radical (unpaired) electrons. The van der Waals surface area contributed by atoms with Gasteiger partial charge in [0.1, 0.15) is 5.84 Å². The monoisotopic (exact) mass is 146 g/mol. The van der Waals surface area contributed by atoms with Crippen molar-refractivity contribution >= 4 is 17.6 Å². The van der Waals surface area contributed by atoms with Crippen molar-refractivity contribution < 1.29 is 0 Å². The molecule has 0 spiro atoms. The van der Waals surface area contributed by atoms with Crippen molar-refractivity contribution in [1.29, 1.82) is 5.41 Å². The molecule has 2 nitrogen and oxygen atoms in total. The van der Waals surface area contributed by atoms with Gasteiger partial charge in [-0.1, -0.05) is 13.3 Å². The molecular weight excluding hydrogens is 132 g/mol. The zero-order valence-corrected chi connectivity index (χ0v) is 6.63. The number of nitrogens with one attached hydrogen (secondary N) is 1. The van der Waals surface area contributed by atoms with Crippen LogP contribution in [-0.4, -0.2) is 17.3 Å². The van der Waals surface area contributed by atoms with Gasteiger partial charge in [-0.2, -0.15) is 11.8 Å². The molecule has 0 heterocycles. The number of unbranched alkanes of at least 4 members (excludes halogenated alkanes) is 1. The van der Waals surface area contributed by atoms with Crippen molar-refractivity contribution in [3.05, 3.63) is 0 Å².